The molecule has 4 aliphatic rings. The lowest BCUT2D eigenvalue weighted by Crippen LogP contribution is -2.43. The van der Waals surface area contributed by atoms with Crippen molar-refractivity contribution >= 4 is 15.9 Å². The first kappa shape index (κ1) is 10.3. The van der Waals surface area contributed by atoms with Crippen molar-refractivity contribution in [1.82, 2.24) is 9.80 Å². The first-order valence-corrected chi connectivity index (χ1v) is 7.41. The van der Waals surface area contributed by atoms with Crippen LogP contribution in [0.1, 0.15) is 25.7 Å². The molecule has 3 heterocycles. The number of hydrogen-bond donors (Lipinski definition) is 0. The van der Waals surface area contributed by atoms with Crippen LogP contribution in [0.4, 0.5) is 0 Å². The van der Waals surface area contributed by atoms with Crippen LogP contribution in [0.2, 0.25) is 0 Å². The summed E-state index contributed by atoms with van der Waals surface area (Å²) >= 11 is 3.74. The summed E-state index contributed by atoms with van der Waals surface area (Å²) in [5.74, 6) is 1.18. The van der Waals surface area contributed by atoms with E-state index in [0.29, 0.717) is 6.04 Å². The molecule has 0 spiro atoms. The summed E-state index contributed by atoms with van der Waals surface area (Å²) in [6, 6.07) is 1.32. The minimum absolute atomic E-state index is 0.505. The zero-order valence-electron chi connectivity index (χ0n) is 9.86. The Kier molecular flexibility index (Phi) is 2.23. The molecule has 1 unspecified atom stereocenters. The summed E-state index contributed by atoms with van der Waals surface area (Å²) < 4.78 is 7.05. The molecule has 4 rings (SSSR count). The number of fused-ring (bicyclic) bond motifs is 3. The molecular weight excluding hydrogens is 280 g/mol. The van der Waals surface area contributed by atoms with Gasteiger partial charge in [0.2, 0.25) is 0 Å². The Morgan fingerprint density at radius 1 is 1.24 bits per heavy atom. The van der Waals surface area contributed by atoms with Gasteiger partial charge in [-0.1, -0.05) is 0 Å². The van der Waals surface area contributed by atoms with Gasteiger partial charge in [0.25, 0.3) is 0 Å². The topological polar surface area (TPSA) is 15.7 Å². The maximum absolute atomic E-state index is 5.85. The highest BCUT2D eigenvalue weighted by Gasteiger charge is 2.41. The normalized spacial score (nSPS) is 32.1. The average molecular weight is 297 g/mol. The molecule has 1 atom stereocenters. The quantitative estimate of drug-likeness (QED) is 0.739. The van der Waals surface area contributed by atoms with Gasteiger partial charge in [-0.2, -0.15) is 0 Å². The molecule has 17 heavy (non-hydrogen) atoms. The molecule has 1 aliphatic carbocycles. The highest BCUT2D eigenvalue weighted by molar-refractivity contribution is 9.12. The molecule has 0 amide bonds. The number of halogens is 1. The first-order chi connectivity index (χ1) is 8.34. The largest absolute Gasteiger partial charge is 0.494 e. The molecule has 0 bridgehead atoms. The van der Waals surface area contributed by atoms with Crippen LogP contribution in [0.25, 0.3) is 0 Å². The Balaban J connectivity index is 1.69. The van der Waals surface area contributed by atoms with Crippen molar-refractivity contribution in [2.75, 3.05) is 19.7 Å². The Hall–Kier alpha value is -0.640. The molecule has 3 aliphatic heterocycles. The lowest BCUT2D eigenvalue weighted by atomic mass is 10.1. The third-order valence-electron chi connectivity index (χ3n) is 4.21. The van der Waals surface area contributed by atoms with Gasteiger partial charge < -0.3 is 14.5 Å². The number of ether oxygens (including phenoxy) is 1. The molecule has 0 aromatic heterocycles. The van der Waals surface area contributed by atoms with Gasteiger partial charge in [0, 0.05) is 25.3 Å². The molecule has 3 nitrogen and oxygen atoms in total. The van der Waals surface area contributed by atoms with Crippen LogP contribution in [0.3, 0.4) is 0 Å². The molecular formula is C13H17BrN2O. The number of rotatable bonds is 1. The minimum atomic E-state index is 0.505. The van der Waals surface area contributed by atoms with Gasteiger partial charge >= 0.3 is 0 Å². The average Bonchev–Trinajstić information content (AvgIpc) is 3.18. The van der Waals surface area contributed by atoms with Crippen molar-refractivity contribution in [3.63, 3.8) is 0 Å². The highest BCUT2D eigenvalue weighted by Crippen LogP contribution is 2.44. The predicted molar refractivity (Wildman–Crippen MR) is 69.4 cm³/mol. The van der Waals surface area contributed by atoms with Crippen LogP contribution in [0.5, 0.6) is 0 Å². The zero-order valence-corrected chi connectivity index (χ0v) is 11.4. The second-order valence-electron chi connectivity index (χ2n) is 5.36. The van der Waals surface area contributed by atoms with Crippen LogP contribution in [-0.4, -0.2) is 41.6 Å². The third-order valence-corrected chi connectivity index (χ3v) is 5.01. The van der Waals surface area contributed by atoms with E-state index in [-0.39, 0.29) is 0 Å². The van der Waals surface area contributed by atoms with E-state index in [0.717, 1.165) is 19.2 Å². The van der Waals surface area contributed by atoms with Gasteiger partial charge in [0.15, 0.2) is 0 Å². The monoisotopic (exact) mass is 296 g/mol. The molecule has 0 radical (unpaired) electrons. The molecule has 2 fully saturated rings. The minimum Gasteiger partial charge on any atom is -0.494 e. The van der Waals surface area contributed by atoms with Crippen molar-refractivity contribution in [2.45, 2.75) is 37.8 Å². The molecule has 0 aromatic carbocycles. The van der Waals surface area contributed by atoms with Gasteiger partial charge in [-0.25, -0.2) is 0 Å². The number of nitrogens with zero attached hydrogens (tertiary/aromatic N) is 2. The smallest absolute Gasteiger partial charge is 0.135 e. The van der Waals surface area contributed by atoms with E-state index >= 15 is 0 Å². The molecule has 1 saturated carbocycles. The Morgan fingerprint density at radius 3 is 2.94 bits per heavy atom. The van der Waals surface area contributed by atoms with Crippen molar-refractivity contribution in [3.05, 3.63) is 22.1 Å². The summed E-state index contributed by atoms with van der Waals surface area (Å²) in [6.45, 7) is 3.21. The maximum atomic E-state index is 5.85. The van der Waals surface area contributed by atoms with Crippen molar-refractivity contribution in [3.8, 4) is 0 Å². The number of allylic oxidation sites excluding steroid dienone is 1. The van der Waals surface area contributed by atoms with Crippen molar-refractivity contribution in [2.24, 2.45) is 0 Å². The van der Waals surface area contributed by atoms with Crippen LogP contribution in [0, 0.1) is 0 Å². The Labute approximate surface area is 110 Å². The first-order valence-electron chi connectivity index (χ1n) is 6.61. The summed E-state index contributed by atoms with van der Waals surface area (Å²) in [4.78, 5) is 5.04. The number of hydrogen-bond acceptors (Lipinski definition) is 3. The molecule has 1 saturated heterocycles. The summed E-state index contributed by atoms with van der Waals surface area (Å²) in [5, 5.41) is 0. The van der Waals surface area contributed by atoms with Crippen molar-refractivity contribution in [1.29, 1.82) is 0 Å². The van der Waals surface area contributed by atoms with Gasteiger partial charge in [-0.15, -0.1) is 0 Å². The Morgan fingerprint density at radius 2 is 2.12 bits per heavy atom. The predicted octanol–water partition coefficient (Wildman–Crippen LogP) is 2.41. The zero-order chi connectivity index (χ0) is 11.4. The van der Waals surface area contributed by atoms with E-state index < -0.39 is 0 Å². The molecule has 0 N–H and O–H groups in total. The highest BCUT2D eigenvalue weighted by atomic mass is 79.9. The SMILES string of the molecule is BrC1=C2OCCCC2N2CCN(C3CC3)C=C12. The van der Waals surface area contributed by atoms with E-state index in [4.69, 9.17) is 4.74 Å². The van der Waals surface area contributed by atoms with E-state index in [1.807, 2.05) is 0 Å². The van der Waals surface area contributed by atoms with Crippen LogP contribution >= 0.6 is 15.9 Å². The van der Waals surface area contributed by atoms with Crippen LogP contribution < -0.4 is 0 Å². The van der Waals surface area contributed by atoms with Gasteiger partial charge in [0.1, 0.15) is 5.76 Å². The fourth-order valence-corrected chi connectivity index (χ4v) is 3.87. The summed E-state index contributed by atoms with van der Waals surface area (Å²) in [5.41, 5.74) is 1.35. The van der Waals surface area contributed by atoms with Gasteiger partial charge in [-0.05, 0) is 41.6 Å². The fourth-order valence-electron chi connectivity index (χ4n) is 3.16. The summed E-state index contributed by atoms with van der Waals surface area (Å²) in [7, 11) is 0. The van der Waals surface area contributed by atoms with E-state index in [2.05, 4.69) is 31.9 Å². The van der Waals surface area contributed by atoms with Crippen LogP contribution in [-0.2, 0) is 4.74 Å². The standard InChI is InChI=1S/C13H17BrN2O/c14-12-11-8-15(9-3-4-9)5-6-16(11)10-2-1-7-17-13(10)12/h8-10H,1-7H2. The van der Waals surface area contributed by atoms with Crippen molar-refractivity contribution < 1.29 is 4.74 Å². The second kappa shape index (κ2) is 3.67. The maximum Gasteiger partial charge on any atom is 0.135 e. The molecule has 92 valence electrons. The lowest BCUT2D eigenvalue weighted by Gasteiger charge is -2.37. The molecule has 4 heteroatoms. The Bertz CT molecular complexity index is 414. The lowest BCUT2D eigenvalue weighted by molar-refractivity contribution is 0.101. The van der Waals surface area contributed by atoms with E-state index in [1.165, 1.54) is 48.2 Å². The fraction of sp³-hybridized carbons (Fsp3) is 0.692. The third kappa shape index (κ3) is 1.53. The second-order valence-corrected chi connectivity index (χ2v) is 6.15. The van der Waals surface area contributed by atoms with E-state index in [1.54, 1.807) is 0 Å². The van der Waals surface area contributed by atoms with Crippen LogP contribution in [0.15, 0.2) is 22.1 Å². The van der Waals surface area contributed by atoms with E-state index in [9.17, 15) is 0 Å². The molecule has 0 aromatic rings. The van der Waals surface area contributed by atoms with Gasteiger partial charge in [0.05, 0.1) is 22.8 Å². The summed E-state index contributed by atoms with van der Waals surface area (Å²) in [6.07, 6.45) is 7.52. The van der Waals surface area contributed by atoms with Gasteiger partial charge in [-0.3, -0.25) is 0 Å².